The zero-order valence-electron chi connectivity index (χ0n) is 14.9. The van der Waals surface area contributed by atoms with Crippen LogP contribution in [0.3, 0.4) is 0 Å². The molecule has 1 aromatic heterocycles. The molecule has 1 aliphatic carbocycles. The van der Waals surface area contributed by atoms with E-state index in [1.165, 1.54) is 12.8 Å². The Kier molecular flexibility index (Phi) is 3.37. The van der Waals surface area contributed by atoms with Gasteiger partial charge in [0.1, 0.15) is 11.4 Å². The number of hydrogen-bond acceptors (Lipinski definition) is 3. The van der Waals surface area contributed by atoms with E-state index in [0.29, 0.717) is 0 Å². The molecular formula is C20H23N3O2. The lowest BCUT2D eigenvalue weighted by atomic mass is 10.0. The summed E-state index contributed by atoms with van der Waals surface area (Å²) in [4.78, 5) is 22.6. The molecule has 2 heterocycles. The molecule has 5 nitrogen and oxygen atoms in total. The van der Waals surface area contributed by atoms with Gasteiger partial charge in [0.2, 0.25) is 0 Å². The van der Waals surface area contributed by atoms with Crippen molar-refractivity contribution in [3.63, 3.8) is 0 Å². The van der Waals surface area contributed by atoms with Crippen LogP contribution in [0, 0.1) is 17.8 Å². The van der Waals surface area contributed by atoms with Crippen LogP contribution in [0.5, 0.6) is 0 Å². The maximum absolute atomic E-state index is 12.7. The number of fused-ring (bicyclic) bond motifs is 1. The van der Waals surface area contributed by atoms with Crippen LogP contribution >= 0.6 is 0 Å². The third-order valence-electron chi connectivity index (χ3n) is 5.08. The number of nitrogens with zero attached hydrogens (tertiary/aromatic N) is 2. The molecule has 1 atom stereocenters. The first-order valence-corrected chi connectivity index (χ1v) is 8.75. The molecule has 25 heavy (non-hydrogen) atoms. The SMILES string of the molecule is C#Cc1ccc2nc([C@@H]3CC4(CC4)CN3C(=O)OC(C)(C)C)[nH]c2c1. The third-order valence-corrected chi connectivity index (χ3v) is 5.08. The number of benzene rings is 1. The van der Waals surface area contributed by atoms with Crippen molar-refractivity contribution in [2.75, 3.05) is 6.54 Å². The summed E-state index contributed by atoms with van der Waals surface area (Å²) in [6, 6.07) is 5.66. The van der Waals surface area contributed by atoms with Gasteiger partial charge < -0.3 is 9.72 Å². The molecule has 1 amide bonds. The highest BCUT2D eigenvalue weighted by Crippen LogP contribution is 2.58. The number of imidazole rings is 1. The number of terminal acetylenes is 1. The highest BCUT2D eigenvalue weighted by atomic mass is 16.6. The number of likely N-dealkylation sites (tertiary alicyclic amines) is 1. The van der Waals surface area contributed by atoms with Crippen LogP contribution in [0.15, 0.2) is 18.2 Å². The third kappa shape index (κ3) is 2.97. The monoisotopic (exact) mass is 337 g/mol. The molecular weight excluding hydrogens is 314 g/mol. The van der Waals surface area contributed by atoms with Gasteiger partial charge in [-0.3, -0.25) is 4.90 Å². The fourth-order valence-corrected chi connectivity index (χ4v) is 3.63. The summed E-state index contributed by atoms with van der Waals surface area (Å²) in [6.45, 7) is 6.43. The van der Waals surface area contributed by atoms with E-state index in [0.717, 1.165) is 35.4 Å². The lowest BCUT2D eigenvalue weighted by Gasteiger charge is -2.27. The van der Waals surface area contributed by atoms with Crippen LogP contribution in [0.4, 0.5) is 4.79 Å². The fourth-order valence-electron chi connectivity index (χ4n) is 3.63. The lowest BCUT2D eigenvalue weighted by molar-refractivity contribution is 0.0212. The molecule has 1 saturated carbocycles. The van der Waals surface area contributed by atoms with Crippen molar-refractivity contribution in [3.05, 3.63) is 29.6 Å². The predicted molar refractivity (Wildman–Crippen MR) is 96.0 cm³/mol. The van der Waals surface area contributed by atoms with Crippen LogP contribution in [0.25, 0.3) is 11.0 Å². The van der Waals surface area contributed by atoms with Crippen molar-refractivity contribution in [3.8, 4) is 12.3 Å². The average molecular weight is 337 g/mol. The quantitative estimate of drug-likeness (QED) is 0.800. The first kappa shape index (κ1) is 16.0. The Labute approximate surface area is 147 Å². The second-order valence-corrected chi connectivity index (χ2v) is 8.33. The Balaban J connectivity index is 1.67. The lowest BCUT2D eigenvalue weighted by Crippen LogP contribution is -2.37. The summed E-state index contributed by atoms with van der Waals surface area (Å²) in [7, 11) is 0. The average Bonchev–Trinajstić information content (AvgIpc) is 3.00. The predicted octanol–water partition coefficient (Wildman–Crippen LogP) is 4.01. The molecule has 1 aromatic carbocycles. The standard InChI is InChI=1S/C20H23N3O2/c1-5-13-6-7-14-15(10-13)22-17(21-14)16-11-20(8-9-20)12-23(16)18(24)25-19(2,3)4/h1,6-7,10,16H,8-9,11-12H2,2-4H3,(H,21,22)/t16-/m0/s1. The van der Waals surface area contributed by atoms with E-state index in [4.69, 9.17) is 16.1 Å². The molecule has 5 heteroatoms. The molecule has 0 radical (unpaired) electrons. The first-order chi connectivity index (χ1) is 11.8. The van der Waals surface area contributed by atoms with Gasteiger partial charge in [-0.15, -0.1) is 6.42 Å². The van der Waals surface area contributed by atoms with Gasteiger partial charge in [-0.2, -0.15) is 0 Å². The van der Waals surface area contributed by atoms with E-state index in [1.54, 1.807) is 0 Å². The summed E-state index contributed by atoms with van der Waals surface area (Å²) in [6.07, 6.45) is 8.50. The number of H-pyrrole nitrogens is 1. The van der Waals surface area contributed by atoms with Crippen molar-refractivity contribution in [2.24, 2.45) is 5.41 Å². The summed E-state index contributed by atoms with van der Waals surface area (Å²) in [5.74, 6) is 3.46. The molecule has 1 saturated heterocycles. The summed E-state index contributed by atoms with van der Waals surface area (Å²) in [5.41, 5.74) is 2.35. The maximum Gasteiger partial charge on any atom is 0.410 e. The maximum atomic E-state index is 12.7. The Morgan fingerprint density at radius 3 is 2.84 bits per heavy atom. The second kappa shape index (κ2) is 5.26. The summed E-state index contributed by atoms with van der Waals surface area (Å²) in [5, 5.41) is 0. The number of nitrogens with one attached hydrogen (secondary N) is 1. The second-order valence-electron chi connectivity index (χ2n) is 8.33. The van der Waals surface area contributed by atoms with E-state index < -0.39 is 5.60 Å². The number of rotatable bonds is 1. The van der Waals surface area contributed by atoms with Crippen LogP contribution in [-0.4, -0.2) is 33.1 Å². The molecule has 1 spiro atoms. The van der Waals surface area contributed by atoms with Crippen molar-refractivity contribution in [2.45, 2.75) is 51.7 Å². The minimum atomic E-state index is -0.503. The topological polar surface area (TPSA) is 58.2 Å². The molecule has 2 fully saturated rings. The molecule has 130 valence electrons. The summed E-state index contributed by atoms with van der Waals surface area (Å²) < 4.78 is 5.62. The highest BCUT2D eigenvalue weighted by molar-refractivity contribution is 5.77. The number of ether oxygens (including phenoxy) is 1. The molecule has 2 aliphatic rings. The minimum Gasteiger partial charge on any atom is -0.444 e. The van der Waals surface area contributed by atoms with E-state index in [2.05, 4.69) is 10.9 Å². The number of aromatic nitrogens is 2. The minimum absolute atomic E-state index is 0.0703. The molecule has 1 N–H and O–H groups in total. The van der Waals surface area contributed by atoms with Crippen molar-refractivity contribution in [1.82, 2.24) is 14.9 Å². The zero-order chi connectivity index (χ0) is 17.8. The fraction of sp³-hybridized carbons (Fsp3) is 0.500. The van der Waals surface area contributed by atoms with Gasteiger partial charge in [-0.25, -0.2) is 9.78 Å². The molecule has 0 bridgehead atoms. The van der Waals surface area contributed by atoms with Gasteiger partial charge in [0, 0.05) is 12.1 Å². The highest BCUT2D eigenvalue weighted by Gasteiger charge is 2.55. The summed E-state index contributed by atoms with van der Waals surface area (Å²) >= 11 is 0. The Bertz CT molecular complexity index is 880. The van der Waals surface area contributed by atoms with Crippen molar-refractivity contribution in [1.29, 1.82) is 0 Å². The normalized spacial score (nSPS) is 21.5. The van der Waals surface area contributed by atoms with E-state index >= 15 is 0 Å². The number of hydrogen-bond donors (Lipinski definition) is 1. The van der Waals surface area contributed by atoms with Gasteiger partial charge in [0.25, 0.3) is 0 Å². The van der Waals surface area contributed by atoms with E-state index in [9.17, 15) is 4.79 Å². The number of carbonyl (C=O) groups is 1. The zero-order valence-corrected chi connectivity index (χ0v) is 14.9. The smallest absolute Gasteiger partial charge is 0.410 e. The van der Waals surface area contributed by atoms with Gasteiger partial charge in [0.05, 0.1) is 17.1 Å². The molecule has 4 rings (SSSR count). The number of carbonyl (C=O) groups excluding carboxylic acids is 1. The van der Waals surface area contributed by atoms with Gasteiger partial charge in [0.15, 0.2) is 0 Å². The van der Waals surface area contributed by atoms with Crippen LogP contribution < -0.4 is 0 Å². The van der Waals surface area contributed by atoms with E-state index in [1.807, 2.05) is 43.9 Å². The van der Waals surface area contributed by atoms with E-state index in [-0.39, 0.29) is 17.6 Å². The van der Waals surface area contributed by atoms with Gasteiger partial charge >= 0.3 is 6.09 Å². The van der Waals surface area contributed by atoms with Crippen LogP contribution in [0.2, 0.25) is 0 Å². The van der Waals surface area contributed by atoms with Crippen LogP contribution in [0.1, 0.15) is 57.5 Å². The Morgan fingerprint density at radius 2 is 2.20 bits per heavy atom. The number of amides is 1. The largest absolute Gasteiger partial charge is 0.444 e. The van der Waals surface area contributed by atoms with Crippen molar-refractivity contribution >= 4 is 17.1 Å². The molecule has 0 unspecified atom stereocenters. The molecule has 1 aliphatic heterocycles. The van der Waals surface area contributed by atoms with Crippen molar-refractivity contribution < 1.29 is 9.53 Å². The van der Waals surface area contributed by atoms with Gasteiger partial charge in [-0.1, -0.05) is 5.92 Å². The first-order valence-electron chi connectivity index (χ1n) is 8.75. The molecule has 2 aromatic rings. The van der Waals surface area contributed by atoms with Gasteiger partial charge in [-0.05, 0) is 63.6 Å². The number of aromatic amines is 1. The van der Waals surface area contributed by atoms with Crippen LogP contribution in [-0.2, 0) is 4.74 Å². The Morgan fingerprint density at radius 1 is 1.44 bits per heavy atom. The Hall–Kier alpha value is -2.48.